The summed E-state index contributed by atoms with van der Waals surface area (Å²) >= 11 is 39.5. The van der Waals surface area contributed by atoms with Gasteiger partial charge in [0, 0.05) is 0 Å². The van der Waals surface area contributed by atoms with E-state index in [1.54, 1.807) is 0 Å². The van der Waals surface area contributed by atoms with Gasteiger partial charge in [0.25, 0.3) is 0 Å². The summed E-state index contributed by atoms with van der Waals surface area (Å²) in [5.74, 6) is 0. The van der Waals surface area contributed by atoms with Gasteiger partial charge in [0.1, 0.15) is 0 Å². The van der Waals surface area contributed by atoms with Crippen molar-refractivity contribution in [1.29, 1.82) is 10.5 Å². The second-order valence-corrected chi connectivity index (χ2v) is 12.9. The van der Waals surface area contributed by atoms with E-state index in [1.807, 2.05) is 0 Å². The lowest BCUT2D eigenvalue weighted by atomic mass is 9.87. The molecule has 0 fully saturated rings. The van der Waals surface area contributed by atoms with Crippen LogP contribution in [0, 0.1) is 28.1 Å². The summed E-state index contributed by atoms with van der Waals surface area (Å²) in [5, 5.41) is 14.7. The van der Waals surface area contributed by atoms with Crippen LogP contribution in [0.2, 0.25) is 0 Å². The lowest BCUT2D eigenvalue weighted by molar-refractivity contribution is 0.423. The molecule has 0 amide bonds. The Morgan fingerprint density at radius 2 is 1.35 bits per heavy atom. The molecule has 0 aromatic rings. The second-order valence-electron chi connectivity index (χ2n) is 2.92. The average Bonchev–Trinajstić information content (AvgIpc) is 1.98. The van der Waals surface area contributed by atoms with E-state index in [-0.39, 0.29) is 0 Å². The molecule has 0 aromatic heterocycles. The highest BCUT2D eigenvalue weighted by molar-refractivity contribution is 8.26. The van der Waals surface area contributed by atoms with Crippen LogP contribution >= 0.6 is 85.2 Å². The van der Waals surface area contributed by atoms with Crippen LogP contribution in [0.25, 0.3) is 0 Å². The Labute approximate surface area is 133 Å². The molecule has 17 heavy (non-hydrogen) atoms. The minimum Gasteiger partial charge on any atom is -0.219 e. The molecule has 0 heterocycles. The summed E-state index contributed by atoms with van der Waals surface area (Å²) in [7, 11) is 0. The number of rotatable bonds is 3. The fourth-order valence-electron chi connectivity index (χ4n) is 0.837. The molecule has 0 bridgehead atoms. The zero-order valence-electron chi connectivity index (χ0n) is 7.93. The first-order valence-electron chi connectivity index (χ1n) is 3.63. The fourth-order valence-corrected chi connectivity index (χ4v) is 4.85. The van der Waals surface area contributed by atoms with E-state index in [1.165, 1.54) is 12.1 Å². The summed E-state index contributed by atoms with van der Waals surface area (Å²) in [6, 6.07) is 3.05. The highest BCUT2D eigenvalue weighted by Gasteiger charge is 2.62. The smallest absolute Gasteiger partial charge is 0.219 e. The van der Waals surface area contributed by atoms with Crippen molar-refractivity contribution in [2.75, 3.05) is 0 Å². The first-order chi connectivity index (χ1) is 7.33. The first kappa shape index (κ1) is 18.2. The molecule has 0 spiro atoms. The van der Waals surface area contributed by atoms with Crippen molar-refractivity contribution >= 4 is 85.2 Å². The number of alkyl halides is 4. The number of nitriles is 2. The topological polar surface area (TPSA) is 59.9 Å². The van der Waals surface area contributed by atoms with Crippen molar-refractivity contribution in [2.45, 2.75) is 15.7 Å². The third kappa shape index (κ3) is 4.10. The van der Waals surface area contributed by atoms with E-state index in [0.717, 1.165) is 6.92 Å². The normalized spacial score (nSPS) is 13.8. The first-order valence-corrected chi connectivity index (χ1v) is 9.60. The van der Waals surface area contributed by atoms with E-state index in [9.17, 15) is 0 Å². The van der Waals surface area contributed by atoms with E-state index < -0.39 is 19.3 Å². The minimum atomic E-state index is -3.37. The molecule has 0 radical (unpaired) electrons. The summed E-state index contributed by atoms with van der Waals surface area (Å²) < 4.78 is -0.862. The SMILES string of the molecule is CC(Cl)(Cl)C(C#N)(C#N)C(Cl)(Cl)N=P(Cl)(Cl)Cl. The molecule has 0 rings (SSSR count). The lowest BCUT2D eigenvalue weighted by Gasteiger charge is -2.35. The highest BCUT2D eigenvalue weighted by Crippen LogP contribution is 2.69. The number of hydrogen-bond donors (Lipinski definition) is 0. The van der Waals surface area contributed by atoms with Gasteiger partial charge < -0.3 is 0 Å². The van der Waals surface area contributed by atoms with Gasteiger partial charge in [-0.15, -0.1) is 0 Å². The maximum Gasteiger partial charge on any atom is 0.244 e. The monoisotopic (exact) mass is 393 g/mol. The van der Waals surface area contributed by atoms with Crippen molar-refractivity contribution < 1.29 is 0 Å². The largest absolute Gasteiger partial charge is 0.244 e. The van der Waals surface area contributed by atoms with Crippen molar-refractivity contribution in [3.63, 3.8) is 0 Å². The molecular formula is C6H3Cl7N3P. The predicted molar refractivity (Wildman–Crippen MR) is 75.1 cm³/mol. The van der Waals surface area contributed by atoms with Crippen LogP contribution in [-0.2, 0) is 0 Å². The Morgan fingerprint density at radius 3 is 1.53 bits per heavy atom. The van der Waals surface area contributed by atoms with Gasteiger partial charge >= 0.3 is 0 Å². The molecule has 96 valence electrons. The van der Waals surface area contributed by atoms with Gasteiger partial charge in [-0.1, -0.05) is 46.4 Å². The number of hydrogen-bond acceptors (Lipinski definition) is 3. The van der Waals surface area contributed by atoms with Crippen LogP contribution in [0.1, 0.15) is 6.92 Å². The summed E-state index contributed by atoms with van der Waals surface area (Å²) in [5.41, 5.74) is -2.30. The molecule has 0 aliphatic carbocycles. The lowest BCUT2D eigenvalue weighted by Crippen LogP contribution is -2.47. The molecule has 3 nitrogen and oxygen atoms in total. The van der Waals surface area contributed by atoms with E-state index in [4.69, 9.17) is 90.7 Å². The van der Waals surface area contributed by atoms with Crippen molar-refractivity contribution in [3.8, 4) is 12.1 Å². The minimum absolute atomic E-state index is 1.16. The van der Waals surface area contributed by atoms with Crippen molar-refractivity contribution in [3.05, 3.63) is 0 Å². The zero-order chi connectivity index (χ0) is 14.1. The quantitative estimate of drug-likeness (QED) is 0.333. The van der Waals surface area contributed by atoms with E-state index >= 15 is 0 Å². The van der Waals surface area contributed by atoms with Gasteiger partial charge in [-0.05, 0) is 40.6 Å². The zero-order valence-corrected chi connectivity index (χ0v) is 14.1. The van der Waals surface area contributed by atoms with Crippen molar-refractivity contribution in [2.24, 2.45) is 10.2 Å². The van der Waals surface area contributed by atoms with Gasteiger partial charge in [0.2, 0.25) is 15.0 Å². The van der Waals surface area contributed by atoms with E-state index in [2.05, 4.69) is 4.74 Å². The number of halogens is 7. The van der Waals surface area contributed by atoms with Gasteiger partial charge in [0.15, 0.2) is 4.33 Å². The van der Waals surface area contributed by atoms with Crippen LogP contribution in [0.3, 0.4) is 0 Å². The molecule has 11 heteroatoms. The molecule has 0 aliphatic rings. The fraction of sp³-hybridized carbons (Fsp3) is 0.667. The maximum atomic E-state index is 9.06. The Hall–Kier alpha value is 1.24. The van der Waals surface area contributed by atoms with Crippen LogP contribution in [0.15, 0.2) is 4.74 Å². The Bertz CT molecular complexity index is 412. The summed E-state index contributed by atoms with van der Waals surface area (Å²) in [6.45, 7) is 1.16. The van der Waals surface area contributed by atoms with Crippen LogP contribution < -0.4 is 0 Å². The standard InChI is InChI=1S/C6H3Cl7N3P/c1-4(7,8)5(2-14,3-15)6(9,10)16-17(11,12)13/h1H3. The molecule has 0 unspecified atom stereocenters. The third-order valence-electron chi connectivity index (χ3n) is 1.68. The van der Waals surface area contributed by atoms with Gasteiger partial charge in [-0.2, -0.15) is 10.5 Å². The van der Waals surface area contributed by atoms with Crippen LogP contribution in [0.5, 0.6) is 0 Å². The maximum absolute atomic E-state index is 9.06. The molecule has 0 aliphatic heterocycles. The molecule has 0 N–H and O–H groups in total. The third-order valence-corrected chi connectivity index (χ3v) is 4.43. The van der Waals surface area contributed by atoms with Crippen LogP contribution in [-0.4, -0.2) is 8.79 Å². The Balaban J connectivity index is 6.06. The van der Waals surface area contributed by atoms with E-state index in [0.29, 0.717) is 0 Å². The molecule has 0 saturated carbocycles. The molecule has 0 atom stereocenters. The summed E-state index contributed by atoms with van der Waals surface area (Å²) in [4.78, 5) is 0. The molecule has 0 saturated heterocycles. The Morgan fingerprint density at radius 1 is 1.00 bits per heavy atom. The predicted octanol–water partition coefficient (Wildman–Crippen LogP) is 6.01. The van der Waals surface area contributed by atoms with Gasteiger partial charge in [-0.25, -0.2) is 4.74 Å². The highest BCUT2D eigenvalue weighted by atomic mass is 36.0. The van der Waals surface area contributed by atoms with Crippen LogP contribution in [0.4, 0.5) is 0 Å². The summed E-state index contributed by atoms with van der Waals surface area (Å²) in [6.07, 6.45) is 0. The molecular weight excluding hydrogens is 393 g/mol. The van der Waals surface area contributed by atoms with Gasteiger partial charge in [-0.3, -0.25) is 0 Å². The second kappa shape index (κ2) is 5.70. The average molecular weight is 396 g/mol. The van der Waals surface area contributed by atoms with Gasteiger partial charge in [0.05, 0.1) is 12.1 Å². The van der Waals surface area contributed by atoms with Crippen molar-refractivity contribution in [1.82, 2.24) is 0 Å². The Kier molecular flexibility index (Phi) is 6.12. The number of nitrogens with zero attached hydrogens (tertiary/aromatic N) is 3. The molecule has 0 aromatic carbocycles.